The Balaban J connectivity index is 1.68. The van der Waals surface area contributed by atoms with E-state index in [1.807, 2.05) is 68.7 Å². The van der Waals surface area contributed by atoms with E-state index in [0.29, 0.717) is 29.2 Å². The molecular formula is C31H34N4O4. The predicted molar refractivity (Wildman–Crippen MR) is 154 cm³/mol. The molecule has 0 saturated carbocycles. The molecule has 1 aliphatic heterocycles. The molecule has 0 aromatic heterocycles. The van der Waals surface area contributed by atoms with Gasteiger partial charge in [0.2, 0.25) is 11.8 Å². The fraction of sp³-hybridized carbons (Fsp3) is 0.290. The van der Waals surface area contributed by atoms with Crippen LogP contribution in [0.1, 0.15) is 47.7 Å². The molecule has 0 spiro atoms. The summed E-state index contributed by atoms with van der Waals surface area (Å²) in [4.78, 5) is 46.6. The van der Waals surface area contributed by atoms with E-state index in [1.54, 1.807) is 36.9 Å². The van der Waals surface area contributed by atoms with Crippen molar-refractivity contribution in [3.8, 4) is 0 Å². The maximum Gasteiger partial charge on any atom is 0.338 e. The Hall–Kier alpha value is -4.30. The number of fused-ring (bicyclic) bond motifs is 1. The van der Waals surface area contributed by atoms with Gasteiger partial charge in [-0.3, -0.25) is 14.6 Å². The number of nitrogens with zero attached hydrogens (tertiary/aromatic N) is 3. The van der Waals surface area contributed by atoms with Crippen molar-refractivity contribution < 1.29 is 19.1 Å². The molecule has 0 saturated heterocycles. The van der Waals surface area contributed by atoms with E-state index in [-0.39, 0.29) is 18.4 Å². The molecule has 1 atom stereocenters. The molecule has 0 bridgehead atoms. The Kier molecular flexibility index (Phi) is 8.88. The van der Waals surface area contributed by atoms with Crippen LogP contribution in [0.15, 0.2) is 77.8 Å². The molecule has 0 radical (unpaired) electrons. The average Bonchev–Trinajstić information content (AvgIpc) is 3.25. The highest BCUT2D eigenvalue weighted by Gasteiger charge is 2.36. The molecule has 8 nitrogen and oxygen atoms in total. The zero-order valence-corrected chi connectivity index (χ0v) is 22.8. The molecule has 3 aromatic carbocycles. The number of benzene rings is 3. The summed E-state index contributed by atoms with van der Waals surface area (Å²) in [6, 6.07) is 22.2. The van der Waals surface area contributed by atoms with Gasteiger partial charge < -0.3 is 19.9 Å². The quantitative estimate of drug-likeness (QED) is 0.296. The maximum absolute atomic E-state index is 13.3. The minimum absolute atomic E-state index is 0.0172. The van der Waals surface area contributed by atoms with Crippen molar-refractivity contribution in [2.45, 2.75) is 26.2 Å². The van der Waals surface area contributed by atoms with Crippen LogP contribution in [-0.4, -0.2) is 62.2 Å². The van der Waals surface area contributed by atoms with Gasteiger partial charge >= 0.3 is 5.97 Å². The summed E-state index contributed by atoms with van der Waals surface area (Å²) in [5.41, 5.74) is 4.58. The van der Waals surface area contributed by atoms with Crippen LogP contribution in [0, 0.1) is 0 Å². The predicted octanol–water partition coefficient (Wildman–Crippen LogP) is 5.02. The van der Waals surface area contributed by atoms with Crippen LogP contribution < -0.4 is 10.2 Å². The van der Waals surface area contributed by atoms with Gasteiger partial charge in [0.1, 0.15) is 5.92 Å². The molecule has 0 fully saturated rings. The number of esters is 1. The van der Waals surface area contributed by atoms with Crippen LogP contribution in [0.25, 0.3) is 0 Å². The van der Waals surface area contributed by atoms with E-state index in [9.17, 15) is 14.4 Å². The Morgan fingerprint density at radius 1 is 0.949 bits per heavy atom. The number of ether oxygens (including phenoxy) is 1. The van der Waals surface area contributed by atoms with Crippen LogP contribution >= 0.6 is 0 Å². The molecule has 4 rings (SSSR count). The monoisotopic (exact) mass is 526 g/mol. The van der Waals surface area contributed by atoms with Gasteiger partial charge in [-0.05, 0) is 81.5 Å². The average molecular weight is 527 g/mol. The molecule has 2 amide bonds. The second-order valence-corrected chi connectivity index (χ2v) is 9.65. The standard InChI is InChI=1S/C31H34N4O4/c1-5-39-31(38)23-12-17-26-27(20-23)33-30(37)28(26)29(22-10-7-6-8-11-22)32-24-13-15-25(16-14-24)35(21(2)36)19-9-18-34(3)4/h6-8,10-17,20,28H,5,9,18-19H2,1-4H3,(H,33,37). The smallest absolute Gasteiger partial charge is 0.338 e. The van der Waals surface area contributed by atoms with Crippen LogP contribution in [0.5, 0.6) is 0 Å². The summed E-state index contributed by atoms with van der Waals surface area (Å²) in [6.07, 6.45) is 0.860. The molecular weight excluding hydrogens is 492 g/mol. The fourth-order valence-electron chi connectivity index (χ4n) is 4.64. The zero-order chi connectivity index (χ0) is 27.9. The van der Waals surface area contributed by atoms with Crippen molar-refractivity contribution in [3.05, 3.63) is 89.5 Å². The number of anilines is 2. The van der Waals surface area contributed by atoms with Gasteiger partial charge in [0.05, 0.1) is 23.6 Å². The van der Waals surface area contributed by atoms with Crippen LogP contribution in [0.2, 0.25) is 0 Å². The van der Waals surface area contributed by atoms with Crippen molar-refractivity contribution in [3.63, 3.8) is 0 Å². The molecule has 39 heavy (non-hydrogen) atoms. The van der Waals surface area contributed by atoms with Gasteiger partial charge in [-0.2, -0.15) is 0 Å². The molecule has 202 valence electrons. The summed E-state index contributed by atoms with van der Waals surface area (Å²) in [6.45, 7) is 5.10. The summed E-state index contributed by atoms with van der Waals surface area (Å²) >= 11 is 0. The number of aliphatic imine (C=N–C) groups is 1. The van der Waals surface area contributed by atoms with Gasteiger partial charge in [-0.15, -0.1) is 0 Å². The van der Waals surface area contributed by atoms with Gasteiger partial charge in [0.25, 0.3) is 0 Å². The molecule has 1 unspecified atom stereocenters. The first kappa shape index (κ1) is 27.7. The zero-order valence-electron chi connectivity index (χ0n) is 22.8. The largest absolute Gasteiger partial charge is 0.462 e. The van der Waals surface area contributed by atoms with E-state index in [1.165, 1.54) is 0 Å². The Morgan fingerprint density at radius 2 is 1.67 bits per heavy atom. The van der Waals surface area contributed by atoms with Crippen molar-refractivity contribution in [1.82, 2.24) is 4.90 Å². The topological polar surface area (TPSA) is 91.3 Å². The lowest BCUT2D eigenvalue weighted by Gasteiger charge is -2.22. The lowest BCUT2D eigenvalue weighted by molar-refractivity contribution is -0.117. The number of nitrogens with one attached hydrogen (secondary N) is 1. The van der Waals surface area contributed by atoms with E-state index < -0.39 is 11.9 Å². The van der Waals surface area contributed by atoms with E-state index in [0.717, 1.165) is 29.8 Å². The summed E-state index contributed by atoms with van der Waals surface area (Å²) in [5.74, 6) is -1.32. The van der Waals surface area contributed by atoms with Crippen LogP contribution in [0.4, 0.5) is 17.1 Å². The van der Waals surface area contributed by atoms with Crippen LogP contribution in [-0.2, 0) is 14.3 Å². The molecule has 1 heterocycles. The number of amides is 2. The third kappa shape index (κ3) is 6.59. The van der Waals surface area contributed by atoms with Crippen molar-refractivity contribution in [2.24, 2.45) is 4.99 Å². The number of hydrogen-bond acceptors (Lipinski definition) is 6. The van der Waals surface area contributed by atoms with E-state index >= 15 is 0 Å². The highest BCUT2D eigenvalue weighted by molar-refractivity contribution is 6.24. The van der Waals surface area contributed by atoms with Gasteiger partial charge in [0, 0.05) is 24.8 Å². The molecule has 0 aliphatic carbocycles. The number of rotatable bonds is 10. The second-order valence-electron chi connectivity index (χ2n) is 9.65. The third-order valence-electron chi connectivity index (χ3n) is 6.52. The normalized spacial score (nSPS) is 14.6. The first-order valence-electron chi connectivity index (χ1n) is 13.1. The Morgan fingerprint density at radius 3 is 2.31 bits per heavy atom. The summed E-state index contributed by atoms with van der Waals surface area (Å²) < 4.78 is 5.11. The minimum atomic E-state index is -0.655. The van der Waals surface area contributed by atoms with Crippen molar-refractivity contribution >= 4 is 40.6 Å². The minimum Gasteiger partial charge on any atom is -0.462 e. The molecule has 3 aromatic rings. The van der Waals surface area contributed by atoms with Crippen LogP contribution in [0.3, 0.4) is 0 Å². The molecule has 8 heteroatoms. The lowest BCUT2D eigenvalue weighted by Crippen LogP contribution is -2.31. The number of carbonyl (C=O) groups is 3. The molecule has 1 N–H and O–H groups in total. The summed E-state index contributed by atoms with van der Waals surface area (Å²) in [5, 5.41) is 2.91. The third-order valence-corrected chi connectivity index (χ3v) is 6.52. The Labute approximate surface area is 229 Å². The molecule has 1 aliphatic rings. The van der Waals surface area contributed by atoms with Crippen molar-refractivity contribution in [2.75, 3.05) is 44.0 Å². The first-order chi connectivity index (χ1) is 18.8. The van der Waals surface area contributed by atoms with Gasteiger partial charge in [-0.1, -0.05) is 36.4 Å². The lowest BCUT2D eigenvalue weighted by atomic mass is 9.90. The van der Waals surface area contributed by atoms with E-state index in [4.69, 9.17) is 9.73 Å². The SMILES string of the molecule is CCOC(=O)c1ccc2c(c1)NC(=O)C2C(=Nc1ccc(N(CCCN(C)C)C(C)=O)cc1)c1ccccc1. The maximum atomic E-state index is 13.3. The Bertz CT molecular complexity index is 1370. The second kappa shape index (κ2) is 12.5. The van der Waals surface area contributed by atoms with E-state index in [2.05, 4.69) is 10.2 Å². The fourth-order valence-corrected chi connectivity index (χ4v) is 4.64. The number of carbonyl (C=O) groups excluding carboxylic acids is 3. The number of hydrogen-bond donors (Lipinski definition) is 1. The van der Waals surface area contributed by atoms with Gasteiger partial charge in [-0.25, -0.2) is 4.79 Å². The highest BCUT2D eigenvalue weighted by Crippen LogP contribution is 2.37. The highest BCUT2D eigenvalue weighted by atomic mass is 16.5. The van der Waals surface area contributed by atoms with Crippen molar-refractivity contribution in [1.29, 1.82) is 0 Å². The summed E-state index contributed by atoms with van der Waals surface area (Å²) in [7, 11) is 4.02. The first-order valence-corrected chi connectivity index (χ1v) is 13.1. The van der Waals surface area contributed by atoms with Gasteiger partial charge in [0.15, 0.2) is 0 Å².